The van der Waals surface area contributed by atoms with E-state index in [2.05, 4.69) is 10.6 Å². The Balaban J connectivity index is 1.94. The minimum Gasteiger partial charge on any atom is -0.378 e. The summed E-state index contributed by atoms with van der Waals surface area (Å²) in [5.74, 6) is -0.922. The van der Waals surface area contributed by atoms with E-state index in [4.69, 9.17) is 0 Å². The zero-order chi connectivity index (χ0) is 22.4. The first-order valence-electron chi connectivity index (χ1n) is 10.1. The molecule has 5 nitrogen and oxygen atoms in total. The van der Waals surface area contributed by atoms with Crippen molar-refractivity contribution in [2.45, 2.75) is 13.8 Å². The van der Waals surface area contributed by atoms with E-state index in [0.717, 1.165) is 22.4 Å². The van der Waals surface area contributed by atoms with E-state index in [1.807, 2.05) is 106 Å². The van der Waals surface area contributed by atoms with E-state index < -0.39 is 11.8 Å². The van der Waals surface area contributed by atoms with Gasteiger partial charge in [-0.25, -0.2) is 0 Å². The highest BCUT2D eigenvalue weighted by atomic mass is 16.2. The van der Waals surface area contributed by atoms with Crippen molar-refractivity contribution in [3.05, 3.63) is 95.1 Å². The van der Waals surface area contributed by atoms with Gasteiger partial charge >= 0.3 is 0 Å². The van der Waals surface area contributed by atoms with Crippen LogP contribution in [0.2, 0.25) is 0 Å². The number of hydrogen-bond donors (Lipinski definition) is 2. The minimum atomic E-state index is -0.461. The number of rotatable bonds is 6. The lowest BCUT2D eigenvalue weighted by molar-refractivity contribution is -0.118. The second-order valence-electron chi connectivity index (χ2n) is 7.58. The number of carbonyl (C=O) groups is 2. The lowest BCUT2D eigenvalue weighted by Crippen LogP contribution is -2.25. The third-order valence-electron chi connectivity index (χ3n) is 5.00. The molecule has 31 heavy (non-hydrogen) atoms. The molecule has 0 aromatic heterocycles. The summed E-state index contributed by atoms with van der Waals surface area (Å²) < 4.78 is 0. The van der Waals surface area contributed by atoms with Gasteiger partial charge in [0, 0.05) is 31.2 Å². The summed E-state index contributed by atoms with van der Waals surface area (Å²) in [6, 6.07) is 22.6. The third-order valence-corrected chi connectivity index (χ3v) is 5.00. The van der Waals surface area contributed by atoms with Crippen LogP contribution in [0.25, 0.3) is 6.08 Å². The zero-order valence-corrected chi connectivity index (χ0v) is 18.3. The molecular weight excluding hydrogens is 386 g/mol. The van der Waals surface area contributed by atoms with Gasteiger partial charge in [-0.15, -0.1) is 0 Å². The van der Waals surface area contributed by atoms with E-state index in [-0.39, 0.29) is 5.57 Å². The fourth-order valence-electron chi connectivity index (χ4n) is 3.08. The summed E-state index contributed by atoms with van der Waals surface area (Å²) >= 11 is 0. The lowest BCUT2D eigenvalue weighted by atomic mass is 10.1. The van der Waals surface area contributed by atoms with Crippen molar-refractivity contribution in [2.24, 2.45) is 0 Å². The fourth-order valence-corrected chi connectivity index (χ4v) is 3.08. The van der Waals surface area contributed by atoms with Crippen LogP contribution in [0, 0.1) is 13.8 Å². The SMILES string of the molecule is Cc1ccccc1NC(=O)C(=Cc1ccc(N(C)C)cc1)C(=O)Nc1ccccc1C. The maximum absolute atomic E-state index is 13.1. The molecule has 0 aliphatic carbocycles. The second-order valence-corrected chi connectivity index (χ2v) is 7.58. The number of benzene rings is 3. The van der Waals surface area contributed by atoms with Crippen LogP contribution in [0.1, 0.15) is 16.7 Å². The summed E-state index contributed by atoms with van der Waals surface area (Å²) in [6.45, 7) is 3.82. The molecule has 0 heterocycles. The molecule has 0 saturated heterocycles. The first-order chi connectivity index (χ1) is 14.8. The second kappa shape index (κ2) is 9.76. The molecule has 0 saturated carbocycles. The van der Waals surface area contributed by atoms with Gasteiger partial charge in [-0.05, 0) is 60.9 Å². The quantitative estimate of drug-likeness (QED) is 0.338. The number of amides is 2. The molecule has 3 rings (SSSR count). The minimum absolute atomic E-state index is 0.0316. The smallest absolute Gasteiger partial charge is 0.261 e. The van der Waals surface area contributed by atoms with Crippen molar-refractivity contribution in [1.29, 1.82) is 0 Å². The van der Waals surface area contributed by atoms with Crippen LogP contribution >= 0.6 is 0 Å². The highest BCUT2D eigenvalue weighted by Crippen LogP contribution is 2.20. The van der Waals surface area contributed by atoms with E-state index in [0.29, 0.717) is 11.4 Å². The van der Waals surface area contributed by atoms with Crippen LogP contribution in [-0.4, -0.2) is 25.9 Å². The molecule has 0 bridgehead atoms. The molecule has 2 N–H and O–H groups in total. The van der Waals surface area contributed by atoms with Crippen LogP contribution in [0.4, 0.5) is 17.1 Å². The summed E-state index contributed by atoms with van der Waals surface area (Å²) in [5.41, 5.74) is 5.02. The molecule has 2 amide bonds. The molecule has 0 unspecified atom stereocenters. The number of para-hydroxylation sites is 2. The van der Waals surface area contributed by atoms with Crippen LogP contribution in [0.15, 0.2) is 78.4 Å². The van der Waals surface area contributed by atoms with Gasteiger partial charge in [0.05, 0.1) is 0 Å². The highest BCUT2D eigenvalue weighted by Gasteiger charge is 2.20. The Morgan fingerprint density at radius 3 is 1.58 bits per heavy atom. The molecule has 0 aliphatic heterocycles. The fraction of sp³-hybridized carbons (Fsp3) is 0.154. The molecule has 3 aromatic rings. The Kier molecular flexibility index (Phi) is 6.88. The Hall–Kier alpha value is -3.86. The summed E-state index contributed by atoms with van der Waals surface area (Å²) in [4.78, 5) is 28.2. The van der Waals surface area contributed by atoms with Crippen molar-refractivity contribution in [3.8, 4) is 0 Å². The molecule has 0 aliphatic rings. The third kappa shape index (κ3) is 5.60. The van der Waals surface area contributed by atoms with Gasteiger partial charge in [0.25, 0.3) is 11.8 Å². The normalized spacial score (nSPS) is 10.2. The number of aryl methyl sites for hydroxylation is 2. The molecule has 0 spiro atoms. The summed E-state index contributed by atoms with van der Waals surface area (Å²) in [5, 5.41) is 5.73. The van der Waals surface area contributed by atoms with Crippen LogP contribution < -0.4 is 15.5 Å². The number of nitrogens with zero attached hydrogens (tertiary/aromatic N) is 1. The van der Waals surface area contributed by atoms with Crippen LogP contribution in [0.5, 0.6) is 0 Å². The van der Waals surface area contributed by atoms with E-state index in [1.165, 1.54) is 0 Å². The topological polar surface area (TPSA) is 61.4 Å². The van der Waals surface area contributed by atoms with E-state index in [9.17, 15) is 9.59 Å². The van der Waals surface area contributed by atoms with Gasteiger partial charge in [0.2, 0.25) is 0 Å². The Morgan fingerprint density at radius 1 is 0.710 bits per heavy atom. The lowest BCUT2D eigenvalue weighted by Gasteiger charge is -2.14. The largest absolute Gasteiger partial charge is 0.378 e. The predicted octanol–water partition coefficient (Wildman–Crippen LogP) is 5.03. The Morgan fingerprint density at radius 2 is 1.16 bits per heavy atom. The van der Waals surface area contributed by atoms with Gasteiger partial charge in [-0.1, -0.05) is 48.5 Å². The van der Waals surface area contributed by atoms with Gasteiger partial charge in [-0.2, -0.15) is 0 Å². The van der Waals surface area contributed by atoms with E-state index in [1.54, 1.807) is 6.08 Å². The van der Waals surface area contributed by atoms with Gasteiger partial charge in [-0.3, -0.25) is 9.59 Å². The van der Waals surface area contributed by atoms with E-state index >= 15 is 0 Å². The monoisotopic (exact) mass is 413 g/mol. The molecule has 0 fully saturated rings. The average Bonchev–Trinajstić information content (AvgIpc) is 2.75. The summed E-state index contributed by atoms with van der Waals surface area (Å²) in [6.07, 6.45) is 1.61. The van der Waals surface area contributed by atoms with Crippen molar-refractivity contribution < 1.29 is 9.59 Å². The first kappa shape index (κ1) is 21.8. The number of hydrogen-bond acceptors (Lipinski definition) is 3. The Labute approximate surface area is 183 Å². The van der Waals surface area contributed by atoms with Crippen LogP contribution in [-0.2, 0) is 9.59 Å². The van der Waals surface area contributed by atoms with Gasteiger partial charge in [0.1, 0.15) is 5.57 Å². The highest BCUT2D eigenvalue weighted by molar-refractivity contribution is 6.29. The van der Waals surface area contributed by atoms with Crippen molar-refractivity contribution in [3.63, 3.8) is 0 Å². The van der Waals surface area contributed by atoms with Crippen molar-refractivity contribution in [1.82, 2.24) is 0 Å². The predicted molar refractivity (Wildman–Crippen MR) is 128 cm³/mol. The maximum Gasteiger partial charge on any atom is 0.261 e. The average molecular weight is 414 g/mol. The number of carbonyl (C=O) groups excluding carboxylic acids is 2. The first-order valence-corrected chi connectivity index (χ1v) is 10.1. The zero-order valence-electron chi connectivity index (χ0n) is 18.3. The number of anilines is 3. The maximum atomic E-state index is 13.1. The van der Waals surface area contributed by atoms with Crippen molar-refractivity contribution >= 4 is 35.0 Å². The van der Waals surface area contributed by atoms with Gasteiger partial charge in [0.15, 0.2) is 0 Å². The molecule has 0 radical (unpaired) electrons. The number of nitrogens with one attached hydrogen (secondary N) is 2. The standard InChI is InChI=1S/C26H27N3O2/c1-18-9-5-7-11-23(18)27-25(30)22(17-20-13-15-21(16-14-20)29(3)4)26(31)28-24-12-8-6-10-19(24)2/h5-17H,1-4H3,(H,27,30)(H,28,31). The van der Waals surface area contributed by atoms with Crippen LogP contribution in [0.3, 0.4) is 0 Å². The molecule has 158 valence electrons. The van der Waals surface area contributed by atoms with Crippen molar-refractivity contribution in [2.75, 3.05) is 29.6 Å². The Bertz CT molecular complexity index is 1050. The van der Waals surface area contributed by atoms with Gasteiger partial charge < -0.3 is 15.5 Å². The molecule has 0 atom stereocenters. The molecule has 5 heteroatoms. The molecule has 3 aromatic carbocycles. The molecular formula is C26H27N3O2. The summed E-state index contributed by atoms with van der Waals surface area (Å²) in [7, 11) is 3.92.